The van der Waals surface area contributed by atoms with Gasteiger partial charge in [-0.15, -0.1) is 0 Å². The van der Waals surface area contributed by atoms with E-state index in [1.54, 1.807) is 34.7 Å². The number of hydrogen-bond acceptors (Lipinski definition) is 4. The highest BCUT2D eigenvalue weighted by Gasteiger charge is 2.48. The molecule has 1 saturated carbocycles. The van der Waals surface area contributed by atoms with Gasteiger partial charge >= 0.3 is 5.97 Å². The number of carboxylic acids is 1. The van der Waals surface area contributed by atoms with Crippen LogP contribution < -0.4 is 4.74 Å². The van der Waals surface area contributed by atoms with Gasteiger partial charge in [-0.2, -0.15) is 0 Å². The molecule has 1 aliphatic carbocycles. The van der Waals surface area contributed by atoms with Crippen LogP contribution in [0.3, 0.4) is 0 Å². The van der Waals surface area contributed by atoms with Gasteiger partial charge in [0.2, 0.25) is 0 Å². The Morgan fingerprint density at radius 2 is 2.12 bits per heavy atom. The largest absolute Gasteiger partial charge is 0.497 e. The molecule has 2 aliphatic rings. The van der Waals surface area contributed by atoms with Gasteiger partial charge in [-0.1, -0.05) is 12.8 Å². The zero-order valence-corrected chi connectivity index (χ0v) is 14.1. The Bertz CT molecular complexity index is 831. The normalized spacial score (nSPS) is 25.8. The lowest BCUT2D eigenvalue weighted by Crippen LogP contribution is -2.46. The average molecular weight is 343 g/mol. The second-order valence-electron chi connectivity index (χ2n) is 6.85. The number of ether oxygens (including phenoxy) is 1. The van der Waals surface area contributed by atoms with E-state index >= 15 is 0 Å². The molecule has 3 heterocycles. The first-order valence-electron chi connectivity index (χ1n) is 8.66. The molecule has 1 N–H and O–H groups in total. The third kappa shape index (κ3) is 2.54. The Balaban J connectivity index is 1.72. The quantitative estimate of drug-likeness (QED) is 0.923. The van der Waals surface area contributed by atoms with Gasteiger partial charge in [-0.05, 0) is 31.2 Å². The van der Waals surface area contributed by atoms with Crippen LogP contribution in [0.5, 0.6) is 5.75 Å². The van der Waals surface area contributed by atoms with Crippen LogP contribution in [0.4, 0.5) is 0 Å². The zero-order valence-electron chi connectivity index (χ0n) is 14.1. The van der Waals surface area contributed by atoms with Crippen LogP contribution in [0.1, 0.15) is 42.6 Å². The molecule has 3 atom stereocenters. The van der Waals surface area contributed by atoms with Crippen molar-refractivity contribution in [1.82, 2.24) is 14.3 Å². The van der Waals surface area contributed by atoms with Crippen molar-refractivity contribution >= 4 is 17.5 Å². The lowest BCUT2D eigenvalue weighted by Gasteiger charge is -2.32. The third-order valence-corrected chi connectivity index (χ3v) is 5.55. The van der Waals surface area contributed by atoms with Gasteiger partial charge in [0.05, 0.1) is 13.3 Å². The molecule has 2 fully saturated rings. The summed E-state index contributed by atoms with van der Waals surface area (Å²) in [6.45, 7) is 0. The fourth-order valence-electron chi connectivity index (χ4n) is 4.35. The minimum Gasteiger partial charge on any atom is -0.497 e. The zero-order chi connectivity index (χ0) is 17.6. The summed E-state index contributed by atoms with van der Waals surface area (Å²) in [6, 6.07) is 2.78. The molecule has 1 amide bonds. The average Bonchev–Trinajstić information content (AvgIpc) is 3.22. The Morgan fingerprint density at radius 3 is 2.88 bits per heavy atom. The molecule has 0 aromatic carbocycles. The fraction of sp³-hybridized carbons (Fsp3) is 0.500. The maximum absolute atomic E-state index is 13.2. The van der Waals surface area contributed by atoms with Gasteiger partial charge in [-0.3, -0.25) is 9.20 Å². The van der Waals surface area contributed by atoms with Crippen LogP contribution in [-0.2, 0) is 4.79 Å². The van der Waals surface area contributed by atoms with Crippen LogP contribution in [0.15, 0.2) is 24.5 Å². The summed E-state index contributed by atoms with van der Waals surface area (Å²) in [5.41, 5.74) is 1.00. The van der Waals surface area contributed by atoms with E-state index in [1.165, 1.54) is 6.20 Å². The van der Waals surface area contributed by atoms with Gasteiger partial charge in [-0.25, -0.2) is 9.78 Å². The predicted octanol–water partition coefficient (Wildman–Crippen LogP) is 2.20. The molecule has 25 heavy (non-hydrogen) atoms. The number of imidazole rings is 1. The molecule has 2 aromatic rings. The van der Waals surface area contributed by atoms with Crippen molar-refractivity contribution in [3.63, 3.8) is 0 Å². The van der Waals surface area contributed by atoms with Crippen LogP contribution in [0, 0.1) is 5.92 Å². The number of methoxy groups -OCH3 is 1. The number of rotatable bonds is 3. The summed E-state index contributed by atoms with van der Waals surface area (Å²) < 4.78 is 6.88. The highest BCUT2D eigenvalue weighted by Crippen LogP contribution is 2.40. The number of hydrogen-bond donors (Lipinski definition) is 1. The number of carboxylic acid groups (broad SMARTS) is 1. The summed E-state index contributed by atoms with van der Waals surface area (Å²) in [5.74, 6) is -0.218. The second-order valence-corrected chi connectivity index (χ2v) is 6.85. The highest BCUT2D eigenvalue weighted by atomic mass is 16.5. The predicted molar refractivity (Wildman–Crippen MR) is 89.7 cm³/mol. The molecule has 132 valence electrons. The first-order chi connectivity index (χ1) is 12.1. The minimum atomic E-state index is -0.918. The van der Waals surface area contributed by atoms with Crippen molar-refractivity contribution in [2.24, 2.45) is 5.92 Å². The lowest BCUT2D eigenvalue weighted by molar-refractivity contribution is -0.141. The van der Waals surface area contributed by atoms with Crippen molar-refractivity contribution in [3.8, 4) is 5.75 Å². The maximum Gasteiger partial charge on any atom is 0.326 e. The van der Waals surface area contributed by atoms with Gasteiger partial charge in [0.1, 0.15) is 23.1 Å². The number of carbonyl (C=O) groups excluding carboxylic acids is 1. The van der Waals surface area contributed by atoms with Crippen molar-refractivity contribution in [2.75, 3.05) is 7.11 Å². The summed E-state index contributed by atoms with van der Waals surface area (Å²) in [5, 5.41) is 9.63. The molecule has 7 nitrogen and oxygen atoms in total. The molecule has 0 spiro atoms. The van der Waals surface area contributed by atoms with E-state index in [9.17, 15) is 14.7 Å². The molecule has 0 unspecified atom stereocenters. The van der Waals surface area contributed by atoms with Crippen LogP contribution in [0.2, 0.25) is 0 Å². The summed E-state index contributed by atoms with van der Waals surface area (Å²) >= 11 is 0. The molecule has 0 radical (unpaired) electrons. The smallest absolute Gasteiger partial charge is 0.326 e. The van der Waals surface area contributed by atoms with Gasteiger partial charge in [0, 0.05) is 18.3 Å². The van der Waals surface area contributed by atoms with E-state index in [2.05, 4.69) is 4.98 Å². The SMILES string of the molecule is COc1ccn2c(C(=O)N3[C@H](C(=O)O)C[C@@H]4CCCC[C@@H]43)cnc2c1. The molecule has 7 heteroatoms. The standard InChI is InChI=1S/C18H21N3O4/c1-25-12-6-7-20-15(10-19-16(20)9-12)17(22)21-13-5-3-2-4-11(13)8-14(21)18(23)24/h6-7,9-11,13-14H,2-5,8H2,1H3,(H,23,24)/t11-,13-,14-/m0/s1. The van der Waals surface area contributed by atoms with Crippen molar-refractivity contribution in [1.29, 1.82) is 0 Å². The number of amides is 1. The van der Waals surface area contributed by atoms with Crippen molar-refractivity contribution < 1.29 is 19.4 Å². The van der Waals surface area contributed by atoms with Crippen LogP contribution >= 0.6 is 0 Å². The van der Waals surface area contributed by atoms with Gasteiger partial charge in [0.25, 0.3) is 5.91 Å². The minimum absolute atomic E-state index is 0.0196. The van der Waals surface area contributed by atoms with Crippen LogP contribution in [0.25, 0.3) is 5.65 Å². The molecular weight excluding hydrogens is 322 g/mol. The van der Waals surface area contributed by atoms with Crippen LogP contribution in [-0.4, -0.2) is 50.5 Å². The van der Waals surface area contributed by atoms with E-state index in [1.807, 2.05) is 0 Å². The summed E-state index contributed by atoms with van der Waals surface area (Å²) in [6.07, 6.45) is 7.85. The molecule has 2 aromatic heterocycles. The van der Waals surface area contributed by atoms with Crippen molar-refractivity contribution in [2.45, 2.75) is 44.2 Å². The number of carbonyl (C=O) groups is 2. The number of pyridine rings is 1. The molecule has 1 saturated heterocycles. The Labute approximate surface area is 145 Å². The van der Waals surface area contributed by atoms with Gasteiger partial charge < -0.3 is 14.7 Å². The highest BCUT2D eigenvalue weighted by molar-refractivity contribution is 5.96. The lowest BCUT2D eigenvalue weighted by atomic mass is 9.84. The summed E-state index contributed by atoms with van der Waals surface area (Å²) in [7, 11) is 1.58. The Morgan fingerprint density at radius 1 is 1.32 bits per heavy atom. The van der Waals surface area contributed by atoms with E-state index in [0.29, 0.717) is 23.5 Å². The fourth-order valence-corrected chi connectivity index (χ4v) is 4.35. The number of likely N-dealkylation sites (tertiary alicyclic amines) is 1. The first kappa shape index (κ1) is 15.9. The third-order valence-electron chi connectivity index (χ3n) is 5.55. The van der Waals surface area contributed by atoms with Gasteiger partial charge in [0.15, 0.2) is 0 Å². The van der Waals surface area contributed by atoms with E-state index in [4.69, 9.17) is 4.74 Å². The molecule has 1 aliphatic heterocycles. The molecule has 4 rings (SSSR count). The second kappa shape index (κ2) is 6.06. The number of aromatic nitrogens is 2. The maximum atomic E-state index is 13.2. The topological polar surface area (TPSA) is 84.1 Å². The van der Waals surface area contributed by atoms with E-state index in [-0.39, 0.29) is 17.9 Å². The Hall–Kier alpha value is -2.57. The number of aliphatic carboxylic acids is 1. The summed E-state index contributed by atoms with van der Waals surface area (Å²) in [4.78, 5) is 30.8. The number of fused-ring (bicyclic) bond motifs is 2. The molecule has 0 bridgehead atoms. The molecular formula is C18H21N3O4. The Kier molecular flexibility index (Phi) is 3.86. The first-order valence-corrected chi connectivity index (χ1v) is 8.66. The number of nitrogens with zero attached hydrogens (tertiary/aromatic N) is 3. The monoisotopic (exact) mass is 343 g/mol. The van der Waals surface area contributed by atoms with E-state index in [0.717, 1.165) is 25.7 Å². The van der Waals surface area contributed by atoms with Crippen molar-refractivity contribution in [3.05, 3.63) is 30.2 Å². The van der Waals surface area contributed by atoms with E-state index < -0.39 is 12.0 Å².